The predicted molar refractivity (Wildman–Crippen MR) is 81.5 cm³/mol. The van der Waals surface area contributed by atoms with Gasteiger partial charge in [0.15, 0.2) is 11.6 Å². The minimum Gasteiger partial charge on any atom is -0.490 e. The third-order valence-electron chi connectivity index (χ3n) is 3.89. The van der Waals surface area contributed by atoms with Crippen molar-refractivity contribution in [3.8, 4) is 5.75 Å². The maximum absolute atomic E-state index is 14.4. The Morgan fingerprint density at radius 2 is 2.05 bits per heavy atom. The SMILES string of the molecule is N=S(=O)(CCN)c1cccc(OCC2CCCCC2)c1F. The maximum Gasteiger partial charge on any atom is 0.182 e. The molecule has 1 saturated carbocycles. The van der Waals surface area contributed by atoms with Gasteiger partial charge in [0, 0.05) is 12.3 Å². The van der Waals surface area contributed by atoms with Gasteiger partial charge in [0.05, 0.1) is 21.2 Å². The molecule has 2 rings (SSSR count). The highest BCUT2D eigenvalue weighted by Crippen LogP contribution is 2.28. The summed E-state index contributed by atoms with van der Waals surface area (Å²) in [6.07, 6.45) is 5.90. The van der Waals surface area contributed by atoms with Crippen LogP contribution in [0.1, 0.15) is 32.1 Å². The number of benzene rings is 1. The first kappa shape index (κ1) is 16.2. The highest BCUT2D eigenvalue weighted by atomic mass is 32.2. The van der Waals surface area contributed by atoms with Crippen LogP contribution in [0.3, 0.4) is 0 Å². The van der Waals surface area contributed by atoms with Gasteiger partial charge in [0.2, 0.25) is 0 Å². The lowest BCUT2D eigenvalue weighted by atomic mass is 9.90. The summed E-state index contributed by atoms with van der Waals surface area (Å²) in [5.74, 6) is -0.168. The first-order chi connectivity index (χ1) is 10.0. The minimum atomic E-state index is -3.19. The van der Waals surface area contributed by atoms with Crippen LogP contribution in [-0.4, -0.2) is 23.1 Å². The third-order valence-corrected chi connectivity index (χ3v) is 5.72. The van der Waals surface area contributed by atoms with Gasteiger partial charge < -0.3 is 10.5 Å². The van der Waals surface area contributed by atoms with Crippen LogP contribution in [0.2, 0.25) is 0 Å². The van der Waals surface area contributed by atoms with E-state index >= 15 is 0 Å². The van der Waals surface area contributed by atoms with Crippen LogP contribution < -0.4 is 10.5 Å². The maximum atomic E-state index is 14.4. The van der Waals surface area contributed by atoms with Crippen molar-refractivity contribution < 1.29 is 13.3 Å². The number of hydrogen-bond acceptors (Lipinski definition) is 4. The summed E-state index contributed by atoms with van der Waals surface area (Å²) < 4.78 is 39.9. The zero-order chi connectivity index (χ0) is 15.3. The van der Waals surface area contributed by atoms with Crippen molar-refractivity contribution in [3.63, 3.8) is 0 Å². The number of hydrogen-bond donors (Lipinski definition) is 2. The third kappa shape index (κ3) is 4.17. The van der Waals surface area contributed by atoms with Gasteiger partial charge in [-0.3, -0.25) is 0 Å². The molecule has 6 heteroatoms. The van der Waals surface area contributed by atoms with Crippen molar-refractivity contribution in [2.75, 3.05) is 18.9 Å². The molecule has 3 N–H and O–H groups in total. The quantitative estimate of drug-likeness (QED) is 0.847. The Morgan fingerprint density at radius 1 is 1.33 bits per heavy atom. The first-order valence-electron chi connectivity index (χ1n) is 7.42. The Morgan fingerprint density at radius 3 is 2.71 bits per heavy atom. The second-order valence-corrected chi connectivity index (χ2v) is 7.75. The molecule has 4 nitrogen and oxygen atoms in total. The zero-order valence-corrected chi connectivity index (χ0v) is 13.0. The molecule has 1 aliphatic carbocycles. The van der Waals surface area contributed by atoms with E-state index < -0.39 is 15.5 Å². The van der Waals surface area contributed by atoms with Crippen molar-refractivity contribution in [1.29, 1.82) is 4.78 Å². The Bertz CT molecular complexity index is 569. The van der Waals surface area contributed by atoms with Crippen LogP contribution in [0, 0.1) is 16.5 Å². The van der Waals surface area contributed by atoms with Gasteiger partial charge in [-0.2, -0.15) is 0 Å². The Kier molecular flexibility index (Phi) is 5.58. The van der Waals surface area contributed by atoms with Crippen LogP contribution in [0.5, 0.6) is 5.75 Å². The first-order valence-corrected chi connectivity index (χ1v) is 9.15. The monoisotopic (exact) mass is 314 g/mol. The molecule has 21 heavy (non-hydrogen) atoms. The van der Waals surface area contributed by atoms with E-state index in [9.17, 15) is 8.60 Å². The molecule has 1 aromatic rings. The summed E-state index contributed by atoms with van der Waals surface area (Å²) in [6.45, 7) is 0.575. The lowest BCUT2D eigenvalue weighted by Gasteiger charge is -2.22. The molecule has 0 heterocycles. The number of rotatable bonds is 6. The molecule has 0 aliphatic heterocycles. The lowest BCUT2D eigenvalue weighted by molar-refractivity contribution is 0.201. The molecule has 1 aromatic carbocycles. The summed E-state index contributed by atoms with van der Waals surface area (Å²) in [5.41, 5.74) is 5.34. The van der Waals surface area contributed by atoms with Crippen LogP contribution in [0.15, 0.2) is 23.1 Å². The van der Waals surface area contributed by atoms with Gasteiger partial charge in [-0.05, 0) is 30.9 Å². The fourth-order valence-electron chi connectivity index (χ4n) is 2.69. The van der Waals surface area contributed by atoms with Crippen molar-refractivity contribution in [2.24, 2.45) is 11.7 Å². The number of halogens is 1. The molecule has 0 spiro atoms. The molecule has 1 aliphatic rings. The van der Waals surface area contributed by atoms with Crippen molar-refractivity contribution in [3.05, 3.63) is 24.0 Å². The van der Waals surface area contributed by atoms with E-state index in [0.717, 1.165) is 12.8 Å². The highest BCUT2D eigenvalue weighted by molar-refractivity contribution is 7.92. The summed E-state index contributed by atoms with van der Waals surface area (Å²) >= 11 is 0. The van der Waals surface area contributed by atoms with Gasteiger partial charge in [-0.1, -0.05) is 25.3 Å². The predicted octanol–water partition coefficient (Wildman–Crippen LogP) is 3.15. The van der Waals surface area contributed by atoms with Gasteiger partial charge in [-0.25, -0.2) is 13.4 Å². The summed E-state index contributed by atoms with van der Waals surface area (Å²) in [7, 11) is -3.19. The second kappa shape index (κ2) is 7.22. The van der Waals surface area contributed by atoms with E-state index in [4.69, 9.17) is 15.3 Å². The molecule has 0 amide bonds. The Hall–Kier alpha value is -1.14. The fraction of sp³-hybridized carbons (Fsp3) is 0.600. The van der Waals surface area contributed by atoms with Crippen molar-refractivity contribution in [2.45, 2.75) is 37.0 Å². The van der Waals surface area contributed by atoms with E-state index in [1.54, 1.807) is 6.07 Å². The Balaban J connectivity index is 2.10. The van der Waals surface area contributed by atoms with Gasteiger partial charge in [-0.15, -0.1) is 0 Å². The summed E-state index contributed by atoms with van der Waals surface area (Å²) in [5, 5.41) is 0. The normalized spacial score (nSPS) is 19.1. The second-order valence-electron chi connectivity index (χ2n) is 5.55. The lowest BCUT2D eigenvalue weighted by Crippen LogP contribution is -2.18. The van der Waals surface area contributed by atoms with E-state index in [-0.39, 0.29) is 22.9 Å². The highest BCUT2D eigenvalue weighted by Gasteiger charge is 2.20. The van der Waals surface area contributed by atoms with Crippen molar-refractivity contribution in [1.82, 2.24) is 0 Å². The summed E-state index contributed by atoms with van der Waals surface area (Å²) in [6, 6.07) is 4.49. The van der Waals surface area contributed by atoms with E-state index in [2.05, 4.69) is 0 Å². The number of ether oxygens (including phenoxy) is 1. The van der Waals surface area contributed by atoms with Gasteiger partial charge >= 0.3 is 0 Å². The average Bonchev–Trinajstić information content (AvgIpc) is 2.47. The molecule has 118 valence electrons. The summed E-state index contributed by atoms with van der Waals surface area (Å²) in [4.78, 5) is -0.103. The smallest absolute Gasteiger partial charge is 0.182 e. The van der Waals surface area contributed by atoms with Crippen LogP contribution in [-0.2, 0) is 9.73 Å². The van der Waals surface area contributed by atoms with Gasteiger partial charge in [0.1, 0.15) is 0 Å². The molecular formula is C15H23FN2O2S. The zero-order valence-electron chi connectivity index (χ0n) is 12.1. The number of nitrogens with two attached hydrogens (primary N) is 1. The molecule has 0 radical (unpaired) electrons. The van der Waals surface area contributed by atoms with Gasteiger partial charge in [0.25, 0.3) is 0 Å². The molecule has 1 fully saturated rings. The molecule has 0 bridgehead atoms. The molecule has 0 aromatic heterocycles. The number of nitrogens with one attached hydrogen (secondary N) is 1. The van der Waals surface area contributed by atoms with Crippen LogP contribution >= 0.6 is 0 Å². The molecular weight excluding hydrogens is 291 g/mol. The van der Waals surface area contributed by atoms with Crippen LogP contribution in [0.4, 0.5) is 4.39 Å². The average molecular weight is 314 g/mol. The van der Waals surface area contributed by atoms with E-state index in [1.807, 2.05) is 0 Å². The molecule has 1 unspecified atom stereocenters. The largest absolute Gasteiger partial charge is 0.490 e. The van der Waals surface area contributed by atoms with Crippen molar-refractivity contribution >= 4 is 9.73 Å². The topological polar surface area (TPSA) is 76.2 Å². The molecule has 1 atom stereocenters. The Labute approximate surface area is 125 Å². The standard InChI is InChI=1S/C15H23FN2O2S/c16-15-13(20-11-12-5-2-1-3-6-12)7-4-8-14(15)21(18,19)10-9-17/h4,7-8,12,18H,1-3,5-6,9-11,17H2. The molecule has 0 saturated heterocycles. The van der Waals surface area contributed by atoms with E-state index in [0.29, 0.717) is 12.5 Å². The minimum absolute atomic E-state index is 0.0456. The fourth-order valence-corrected chi connectivity index (χ4v) is 3.93. The van der Waals surface area contributed by atoms with E-state index in [1.165, 1.54) is 31.4 Å². The van der Waals surface area contributed by atoms with Crippen LogP contribution in [0.25, 0.3) is 0 Å².